The summed E-state index contributed by atoms with van der Waals surface area (Å²) >= 11 is 0. The summed E-state index contributed by atoms with van der Waals surface area (Å²) in [6, 6.07) is 20.1. The molecule has 0 bridgehead atoms. The summed E-state index contributed by atoms with van der Waals surface area (Å²) in [4.78, 5) is 16.0. The first kappa shape index (κ1) is 21.3. The van der Waals surface area contributed by atoms with Crippen LogP contribution in [0.15, 0.2) is 54.6 Å². The number of carbonyl (C=O) groups excluding carboxylic acids is 1. The molecule has 2 heterocycles. The van der Waals surface area contributed by atoms with Crippen LogP contribution >= 0.6 is 0 Å². The molecule has 3 aromatic rings. The second-order valence-electron chi connectivity index (χ2n) is 9.88. The molecule has 5 rings (SSSR count). The van der Waals surface area contributed by atoms with Crippen LogP contribution in [0.1, 0.15) is 49.4 Å². The van der Waals surface area contributed by atoms with Crippen LogP contribution < -0.4 is 10.6 Å². The number of amides is 1. The number of para-hydroxylation sites is 1. The van der Waals surface area contributed by atoms with Crippen LogP contribution in [-0.2, 0) is 24.1 Å². The standard InChI is InChI=1S/C28H35N3O/c1-19(27-17-22-7-3-2-6-21(22)14-15-29-27)20-10-12-24(13-11-20)31-28(32)18-25-16-23-8-4-5-9-26(23)30-25/h2-9,16,19-20,24,27,29-30H,10-15,17-18H2,1H3,(H,31,32). The lowest BCUT2D eigenvalue weighted by Gasteiger charge is -2.36. The fourth-order valence-corrected chi connectivity index (χ4v) is 5.87. The van der Waals surface area contributed by atoms with Gasteiger partial charge in [0.2, 0.25) is 5.91 Å². The first-order valence-corrected chi connectivity index (χ1v) is 12.3. The van der Waals surface area contributed by atoms with E-state index in [1.807, 2.05) is 12.1 Å². The van der Waals surface area contributed by atoms with E-state index in [1.165, 1.54) is 29.4 Å². The number of aromatic amines is 1. The van der Waals surface area contributed by atoms with Crippen LogP contribution in [0, 0.1) is 11.8 Å². The Labute approximate surface area is 191 Å². The quantitative estimate of drug-likeness (QED) is 0.547. The second-order valence-corrected chi connectivity index (χ2v) is 9.88. The van der Waals surface area contributed by atoms with Gasteiger partial charge in [-0.2, -0.15) is 0 Å². The predicted molar refractivity (Wildman–Crippen MR) is 131 cm³/mol. The molecular formula is C28H35N3O. The summed E-state index contributed by atoms with van der Waals surface area (Å²) in [6.45, 7) is 3.51. The zero-order valence-electron chi connectivity index (χ0n) is 19.1. The average molecular weight is 430 g/mol. The highest BCUT2D eigenvalue weighted by Gasteiger charge is 2.31. The number of fused-ring (bicyclic) bond motifs is 2. The summed E-state index contributed by atoms with van der Waals surface area (Å²) < 4.78 is 0. The van der Waals surface area contributed by atoms with Gasteiger partial charge in [-0.05, 0) is 85.6 Å². The molecule has 2 unspecified atom stereocenters. The number of aromatic nitrogens is 1. The molecule has 0 saturated heterocycles. The molecule has 0 radical (unpaired) electrons. The lowest BCUT2D eigenvalue weighted by Crippen LogP contribution is -2.43. The van der Waals surface area contributed by atoms with Crippen molar-refractivity contribution >= 4 is 16.8 Å². The highest BCUT2D eigenvalue weighted by Crippen LogP contribution is 2.33. The van der Waals surface area contributed by atoms with E-state index in [-0.39, 0.29) is 5.91 Å². The third-order valence-corrected chi connectivity index (χ3v) is 7.81. The van der Waals surface area contributed by atoms with Crippen LogP contribution in [0.2, 0.25) is 0 Å². The molecule has 0 spiro atoms. The first-order valence-electron chi connectivity index (χ1n) is 12.3. The lowest BCUT2D eigenvalue weighted by atomic mass is 9.75. The lowest BCUT2D eigenvalue weighted by molar-refractivity contribution is -0.121. The van der Waals surface area contributed by atoms with E-state index in [2.05, 4.69) is 65.0 Å². The zero-order valence-corrected chi connectivity index (χ0v) is 19.1. The molecule has 1 saturated carbocycles. The molecule has 168 valence electrons. The monoisotopic (exact) mass is 429 g/mol. The third-order valence-electron chi connectivity index (χ3n) is 7.81. The molecule has 4 heteroatoms. The van der Waals surface area contributed by atoms with Crippen molar-refractivity contribution < 1.29 is 4.79 Å². The van der Waals surface area contributed by atoms with Crippen molar-refractivity contribution in [3.63, 3.8) is 0 Å². The molecular weight excluding hydrogens is 394 g/mol. The molecule has 1 fully saturated rings. The molecule has 1 aromatic heterocycles. The van der Waals surface area contributed by atoms with Gasteiger partial charge in [0.05, 0.1) is 6.42 Å². The fourth-order valence-electron chi connectivity index (χ4n) is 5.87. The number of benzene rings is 2. The van der Waals surface area contributed by atoms with Crippen LogP contribution in [0.5, 0.6) is 0 Å². The minimum Gasteiger partial charge on any atom is -0.358 e. The number of hydrogen-bond acceptors (Lipinski definition) is 2. The Kier molecular flexibility index (Phi) is 6.31. The van der Waals surface area contributed by atoms with Gasteiger partial charge >= 0.3 is 0 Å². The molecule has 2 aliphatic rings. The van der Waals surface area contributed by atoms with Gasteiger partial charge in [0.15, 0.2) is 0 Å². The topological polar surface area (TPSA) is 56.9 Å². The molecule has 1 amide bonds. The molecule has 2 atom stereocenters. The molecule has 3 N–H and O–H groups in total. The van der Waals surface area contributed by atoms with Crippen molar-refractivity contribution in [3.05, 3.63) is 71.4 Å². The van der Waals surface area contributed by atoms with Crippen LogP contribution in [0.4, 0.5) is 0 Å². The van der Waals surface area contributed by atoms with Gasteiger partial charge in [-0.25, -0.2) is 0 Å². The summed E-state index contributed by atoms with van der Waals surface area (Å²) in [7, 11) is 0. The summed E-state index contributed by atoms with van der Waals surface area (Å²) in [5, 5.41) is 8.30. The number of rotatable bonds is 5. The van der Waals surface area contributed by atoms with Gasteiger partial charge in [-0.1, -0.05) is 49.4 Å². The Bertz CT molecular complexity index is 1030. The number of H-pyrrole nitrogens is 1. The Hall–Kier alpha value is -2.59. The maximum atomic E-state index is 12.6. The highest BCUT2D eigenvalue weighted by atomic mass is 16.1. The van der Waals surface area contributed by atoms with Gasteiger partial charge in [-0.15, -0.1) is 0 Å². The molecule has 1 aliphatic carbocycles. The molecule has 32 heavy (non-hydrogen) atoms. The number of carbonyl (C=O) groups is 1. The minimum atomic E-state index is 0.134. The van der Waals surface area contributed by atoms with Gasteiger partial charge in [0, 0.05) is 23.3 Å². The highest BCUT2D eigenvalue weighted by molar-refractivity contribution is 5.84. The second kappa shape index (κ2) is 9.50. The van der Waals surface area contributed by atoms with Gasteiger partial charge < -0.3 is 15.6 Å². The van der Waals surface area contributed by atoms with E-state index >= 15 is 0 Å². The SMILES string of the molecule is CC(C1CCC(NC(=O)Cc2cc3ccccc3[nH]2)CC1)C1Cc2ccccc2CCN1. The maximum Gasteiger partial charge on any atom is 0.226 e. The zero-order chi connectivity index (χ0) is 21.9. The number of hydrogen-bond donors (Lipinski definition) is 3. The fraction of sp³-hybridized carbons (Fsp3) is 0.464. The van der Waals surface area contributed by atoms with E-state index < -0.39 is 0 Å². The van der Waals surface area contributed by atoms with Crippen molar-refractivity contribution in [2.24, 2.45) is 11.8 Å². The van der Waals surface area contributed by atoms with Crippen molar-refractivity contribution in [3.8, 4) is 0 Å². The Morgan fingerprint density at radius 2 is 1.78 bits per heavy atom. The van der Waals surface area contributed by atoms with Crippen LogP contribution in [0.25, 0.3) is 10.9 Å². The normalized spacial score (nSPS) is 24.5. The van der Waals surface area contributed by atoms with E-state index in [0.29, 0.717) is 24.4 Å². The maximum absolute atomic E-state index is 12.6. The van der Waals surface area contributed by atoms with Crippen LogP contribution in [0.3, 0.4) is 0 Å². The van der Waals surface area contributed by atoms with Crippen molar-refractivity contribution in [2.45, 2.75) is 64.0 Å². The van der Waals surface area contributed by atoms with E-state index in [9.17, 15) is 4.79 Å². The average Bonchev–Trinajstić information content (AvgIpc) is 3.08. The van der Waals surface area contributed by atoms with Crippen LogP contribution in [-0.4, -0.2) is 29.5 Å². The Morgan fingerprint density at radius 3 is 2.59 bits per heavy atom. The summed E-state index contributed by atoms with van der Waals surface area (Å²) in [5.74, 6) is 1.53. The van der Waals surface area contributed by atoms with E-state index in [4.69, 9.17) is 0 Å². The van der Waals surface area contributed by atoms with Crippen molar-refractivity contribution in [1.82, 2.24) is 15.6 Å². The van der Waals surface area contributed by atoms with Crippen molar-refractivity contribution in [2.75, 3.05) is 6.54 Å². The Balaban J connectivity index is 1.12. The molecule has 1 aliphatic heterocycles. The predicted octanol–water partition coefficient (Wildman–Crippen LogP) is 4.78. The third kappa shape index (κ3) is 4.75. The Morgan fingerprint density at radius 1 is 1.03 bits per heavy atom. The van der Waals surface area contributed by atoms with E-state index in [0.717, 1.165) is 49.4 Å². The minimum absolute atomic E-state index is 0.134. The van der Waals surface area contributed by atoms with Gasteiger partial charge in [-0.3, -0.25) is 4.79 Å². The first-order chi connectivity index (χ1) is 15.7. The smallest absolute Gasteiger partial charge is 0.226 e. The van der Waals surface area contributed by atoms with E-state index in [1.54, 1.807) is 0 Å². The summed E-state index contributed by atoms with van der Waals surface area (Å²) in [5.41, 5.74) is 5.12. The largest absolute Gasteiger partial charge is 0.358 e. The number of nitrogens with one attached hydrogen (secondary N) is 3. The van der Waals surface area contributed by atoms with Crippen molar-refractivity contribution in [1.29, 1.82) is 0 Å². The van der Waals surface area contributed by atoms with Gasteiger partial charge in [0.1, 0.15) is 0 Å². The van der Waals surface area contributed by atoms with Gasteiger partial charge in [0.25, 0.3) is 0 Å². The molecule has 4 nitrogen and oxygen atoms in total. The molecule has 2 aromatic carbocycles. The summed E-state index contributed by atoms with van der Waals surface area (Å²) in [6.07, 6.45) is 7.30.